The van der Waals surface area contributed by atoms with Gasteiger partial charge >= 0.3 is 21.6 Å². The Labute approximate surface area is 126 Å². The van der Waals surface area contributed by atoms with Crippen LogP contribution in [0.2, 0.25) is 0 Å². The minimum Gasteiger partial charge on any atom is -0.462 e. The highest BCUT2D eigenvalue weighted by atomic mass is 79.9. The van der Waals surface area contributed by atoms with Crippen molar-refractivity contribution in [3.8, 4) is 5.88 Å². The minimum atomic E-state index is -5.94. The number of hydrogen-bond donors (Lipinski definition) is 0. The highest BCUT2D eigenvalue weighted by molar-refractivity contribution is 9.10. The van der Waals surface area contributed by atoms with Crippen LogP contribution in [0.1, 0.15) is 23.0 Å². The lowest BCUT2D eigenvalue weighted by atomic mass is 10.2. The van der Waals surface area contributed by atoms with E-state index in [9.17, 15) is 26.4 Å². The number of pyridine rings is 1. The molecular weight excluding hydrogens is 383 g/mol. The smallest absolute Gasteiger partial charge is 0.462 e. The van der Waals surface area contributed by atoms with Crippen molar-refractivity contribution in [3.05, 3.63) is 21.8 Å². The number of hydrogen-bond acceptors (Lipinski definition) is 6. The summed E-state index contributed by atoms with van der Waals surface area (Å²) in [4.78, 5) is 15.2. The molecule has 0 aliphatic heterocycles. The van der Waals surface area contributed by atoms with Gasteiger partial charge in [0.1, 0.15) is 5.56 Å². The van der Waals surface area contributed by atoms with Crippen molar-refractivity contribution >= 4 is 32.0 Å². The lowest BCUT2D eigenvalue weighted by Gasteiger charge is -2.12. The Morgan fingerprint density at radius 3 is 2.48 bits per heavy atom. The van der Waals surface area contributed by atoms with Crippen molar-refractivity contribution in [2.45, 2.75) is 19.4 Å². The molecule has 0 aromatic carbocycles. The fourth-order valence-electron chi connectivity index (χ4n) is 1.13. The van der Waals surface area contributed by atoms with Gasteiger partial charge in [-0.15, -0.1) is 0 Å². The maximum Gasteiger partial charge on any atom is 0.534 e. The summed E-state index contributed by atoms with van der Waals surface area (Å²) in [6.45, 7) is 2.80. The Balaban J connectivity index is 3.35. The third-order valence-electron chi connectivity index (χ3n) is 2.08. The van der Waals surface area contributed by atoms with E-state index in [2.05, 4.69) is 29.8 Å². The fourth-order valence-corrected chi connectivity index (χ4v) is 1.88. The standard InChI is InChI=1S/C10H9BrF3NO5S/c1-3-19-9(16)6-4-7(11)5(2)15-8(6)20-21(17,18)10(12,13)14/h4H,3H2,1-2H3. The van der Waals surface area contributed by atoms with Gasteiger partial charge in [-0.25, -0.2) is 9.78 Å². The molecule has 1 aromatic heterocycles. The summed E-state index contributed by atoms with van der Waals surface area (Å²) in [5, 5.41) is 0. The maximum absolute atomic E-state index is 12.3. The van der Waals surface area contributed by atoms with Crippen molar-refractivity contribution in [1.29, 1.82) is 0 Å². The SMILES string of the molecule is CCOC(=O)c1cc(Br)c(C)nc1OS(=O)(=O)C(F)(F)F. The molecule has 0 unspecified atom stereocenters. The van der Waals surface area contributed by atoms with Gasteiger partial charge in [-0.1, -0.05) is 0 Å². The molecule has 0 amide bonds. The van der Waals surface area contributed by atoms with Gasteiger partial charge in [0.15, 0.2) is 0 Å². The van der Waals surface area contributed by atoms with Crippen LogP contribution >= 0.6 is 15.9 Å². The number of halogens is 4. The molecule has 11 heteroatoms. The lowest BCUT2D eigenvalue weighted by molar-refractivity contribution is -0.0502. The molecule has 0 spiro atoms. The van der Waals surface area contributed by atoms with Crippen LogP contribution in [0, 0.1) is 6.92 Å². The number of nitrogens with zero attached hydrogens (tertiary/aromatic N) is 1. The predicted octanol–water partition coefficient (Wildman–Crippen LogP) is 2.56. The van der Waals surface area contributed by atoms with E-state index >= 15 is 0 Å². The molecule has 6 nitrogen and oxygen atoms in total. The molecule has 118 valence electrons. The molecule has 0 atom stereocenters. The number of aryl methyl sites for hydroxylation is 1. The first-order chi connectivity index (χ1) is 9.49. The van der Waals surface area contributed by atoms with Crippen LogP contribution in [-0.2, 0) is 14.9 Å². The molecule has 0 fully saturated rings. The van der Waals surface area contributed by atoms with E-state index in [1.165, 1.54) is 13.8 Å². The van der Waals surface area contributed by atoms with E-state index in [0.717, 1.165) is 6.07 Å². The molecule has 21 heavy (non-hydrogen) atoms. The Bertz CT molecular complexity index is 659. The maximum atomic E-state index is 12.3. The molecule has 0 bridgehead atoms. The average molecular weight is 392 g/mol. The number of alkyl halides is 3. The molecule has 0 aliphatic rings. The first-order valence-corrected chi connectivity index (χ1v) is 7.54. The first kappa shape index (κ1) is 17.7. The third-order valence-corrected chi connectivity index (χ3v) is 3.83. The third kappa shape index (κ3) is 4.06. The molecule has 1 rings (SSSR count). The van der Waals surface area contributed by atoms with Gasteiger partial charge in [-0.3, -0.25) is 0 Å². The van der Waals surface area contributed by atoms with Crippen molar-refractivity contribution in [2.24, 2.45) is 0 Å². The number of ether oxygens (including phenoxy) is 1. The number of rotatable bonds is 4. The second-order valence-corrected chi connectivity index (χ2v) is 6.00. The monoisotopic (exact) mass is 391 g/mol. The molecule has 1 heterocycles. The van der Waals surface area contributed by atoms with Crippen molar-refractivity contribution in [1.82, 2.24) is 4.98 Å². The lowest BCUT2D eigenvalue weighted by Crippen LogP contribution is -2.29. The molecule has 0 saturated heterocycles. The topological polar surface area (TPSA) is 82.6 Å². The van der Waals surface area contributed by atoms with Crippen LogP contribution in [-0.4, -0.2) is 31.5 Å². The quantitative estimate of drug-likeness (QED) is 0.445. The number of esters is 1. The van der Waals surface area contributed by atoms with E-state index in [0.29, 0.717) is 0 Å². The molecular formula is C10H9BrF3NO5S. The summed E-state index contributed by atoms with van der Waals surface area (Å²) < 4.78 is 67.7. The molecule has 0 radical (unpaired) electrons. The van der Waals surface area contributed by atoms with Gasteiger partial charge in [0.05, 0.1) is 12.3 Å². The molecule has 0 N–H and O–H groups in total. The summed E-state index contributed by atoms with van der Waals surface area (Å²) in [5.74, 6) is -2.05. The zero-order valence-corrected chi connectivity index (χ0v) is 13.1. The van der Waals surface area contributed by atoms with Gasteiger partial charge in [0.2, 0.25) is 5.88 Å². The Kier molecular flexibility index (Phi) is 5.20. The summed E-state index contributed by atoms with van der Waals surface area (Å²) in [7, 11) is -5.94. The van der Waals surface area contributed by atoms with E-state index in [1.807, 2.05) is 0 Å². The second-order valence-electron chi connectivity index (χ2n) is 3.61. The second kappa shape index (κ2) is 6.18. The summed E-state index contributed by atoms with van der Waals surface area (Å²) >= 11 is 3.02. The van der Waals surface area contributed by atoms with Crippen LogP contribution in [0.25, 0.3) is 0 Å². The number of carbonyl (C=O) groups excluding carboxylic acids is 1. The van der Waals surface area contributed by atoms with Gasteiger partial charge in [0, 0.05) is 4.47 Å². The predicted molar refractivity (Wildman–Crippen MR) is 68.2 cm³/mol. The fraction of sp³-hybridized carbons (Fsp3) is 0.400. The molecule has 0 aliphatic carbocycles. The molecule has 0 saturated carbocycles. The van der Waals surface area contributed by atoms with E-state index in [4.69, 9.17) is 0 Å². The van der Waals surface area contributed by atoms with Gasteiger partial charge < -0.3 is 8.92 Å². The summed E-state index contributed by atoms with van der Waals surface area (Å²) in [6, 6.07) is 1.07. The molecule has 1 aromatic rings. The van der Waals surface area contributed by atoms with Crippen molar-refractivity contribution in [2.75, 3.05) is 6.61 Å². The minimum absolute atomic E-state index is 0.0597. The Hall–Kier alpha value is -1.36. The van der Waals surface area contributed by atoms with Crippen LogP contribution in [0.3, 0.4) is 0 Å². The largest absolute Gasteiger partial charge is 0.534 e. The van der Waals surface area contributed by atoms with E-state index in [-0.39, 0.29) is 16.8 Å². The summed E-state index contributed by atoms with van der Waals surface area (Å²) in [6.07, 6.45) is 0. The van der Waals surface area contributed by atoms with Crippen molar-refractivity contribution < 1.29 is 35.3 Å². The van der Waals surface area contributed by atoms with Gasteiger partial charge in [0.25, 0.3) is 0 Å². The van der Waals surface area contributed by atoms with Gasteiger partial charge in [-0.2, -0.15) is 21.6 Å². The Morgan fingerprint density at radius 1 is 1.43 bits per heavy atom. The van der Waals surface area contributed by atoms with Crippen LogP contribution in [0.15, 0.2) is 10.5 Å². The highest BCUT2D eigenvalue weighted by Crippen LogP contribution is 2.30. The van der Waals surface area contributed by atoms with E-state index in [1.54, 1.807) is 0 Å². The Morgan fingerprint density at radius 2 is 2.00 bits per heavy atom. The van der Waals surface area contributed by atoms with Crippen molar-refractivity contribution in [3.63, 3.8) is 0 Å². The van der Waals surface area contributed by atoms with Crippen LogP contribution in [0.5, 0.6) is 5.88 Å². The first-order valence-electron chi connectivity index (χ1n) is 5.34. The van der Waals surface area contributed by atoms with E-state index < -0.39 is 33.0 Å². The van der Waals surface area contributed by atoms with Gasteiger partial charge in [-0.05, 0) is 35.8 Å². The number of aromatic nitrogens is 1. The zero-order valence-electron chi connectivity index (χ0n) is 10.7. The zero-order chi connectivity index (χ0) is 16.4. The number of carbonyl (C=O) groups is 1. The van der Waals surface area contributed by atoms with Crippen LogP contribution in [0.4, 0.5) is 13.2 Å². The van der Waals surface area contributed by atoms with Crippen LogP contribution < -0.4 is 4.18 Å². The summed E-state index contributed by atoms with van der Waals surface area (Å²) in [5.41, 5.74) is -6.04. The highest BCUT2D eigenvalue weighted by Gasteiger charge is 2.49. The normalized spacial score (nSPS) is 12.1. The average Bonchev–Trinajstić information content (AvgIpc) is 2.32.